The second-order valence-electron chi connectivity index (χ2n) is 10.0. The van der Waals surface area contributed by atoms with Crippen molar-refractivity contribution in [1.29, 1.82) is 0 Å². The van der Waals surface area contributed by atoms with Crippen molar-refractivity contribution >= 4 is 10.0 Å². The van der Waals surface area contributed by atoms with Gasteiger partial charge in [0.15, 0.2) is 5.69 Å². The van der Waals surface area contributed by atoms with E-state index in [1.807, 2.05) is 0 Å². The van der Waals surface area contributed by atoms with Gasteiger partial charge >= 0.3 is 6.18 Å². The molecular weight excluding hydrogens is 607 g/mol. The highest BCUT2D eigenvalue weighted by Crippen LogP contribution is 2.34. The maximum absolute atomic E-state index is 14.0. The number of aromatic nitrogens is 2. The van der Waals surface area contributed by atoms with Gasteiger partial charge in [0, 0.05) is 18.7 Å². The summed E-state index contributed by atoms with van der Waals surface area (Å²) >= 11 is 0. The quantitative estimate of drug-likeness (QED) is 0.156. The summed E-state index contributed by atoms with van der Waals surface area (Å²) in [4.78, 5) is -0.0140. The summed E-state index contributed by atoms with van der Waals surface area (Å²) in [5.41, 5.74) is 1.29. The van der Waals surface area contributed by atoms with Crippen LogP contribution in [0.4, 0.5) is 13.2 Å². The highest BCUT2D eigenvalue weighted by molar-refractivity contribution is 7.89. The average molecular weight is 638 g/mol. The molecule has 0 amide bonds. The number of ether oxygens (including phenoxy) is 3. The van der Waals surface area contributed by atoms with Crippen LogP contribution in [0, 0.1) is 0 Å². The molecule has 1 aromatic heterocycles. The molecule has 12 heteroatoms. The number of halogens is 3. The molecule has 0 atom stereocenters. The number of hydrogen-bond donors (Lipinski definition) is 0. The first-order chi connectivity index (χ1) is 21.5. The number of rotatable bonds is 11. The lowest BCUT2D eigenvalue weighted by molar-refractivity contribution is -0.141. The Kier molecular flexibility index (Phi) is 9.16. The Balaban J connectivity index is 1.50. The van der Waals surface area contributed by atoms with E-state index >= 15 is 0 Å². The largest absolute Gasteiger partial charge is 0.497 e. The van der Waals surface area contributed by atoms with Gasteiger partial charge in [-0.05, 0) is 77.9 Å². The third-order valence-corrected chi connectivity index (χ3v) is 8.95. The first-order valence-corrected chi connectivity index (χ1v) is 15.1. The Bertz CT molecular complexity index is 1790. The van der Waals surface area contributed by atoms with Crippen LogP contribution in [0.25, 0.3) is 16.9 Å². The van der Waals surface area contributed by atoms with Crippen molar-refractivity contribution in [2.45, 2.75) is 24.2 Å². The summed E-state index contributed by atoms with van der Waals surface area (Å²) in [6.07, 6.45) is -4.68. The summed E-state index contributed by atoms with van der Waals surface area (Å²) in [6.45, 7) is 0.137. The monoisotopic (exact) mass is 637 g/mol. The van der Waals surface area contributed by atoms with Crippen molar-refractivity contribution in [1.82, 2.24) is 14.1 Å². The highest BCUT2D eigenvalue weighted by atomic mass is 32.2. The van der Waals surface area contributed by atoms with E-state index < -0.39 is 21.9 Å². The van der Waals surface area contributed by atoms with Crippen LogP contribution in [0.15, 0.2) is 108 Å². The number of methoxy groups -OCH3 is 3. The van der Waals surface area contributed by atoms with Crippen LogP contribution in [-0.2, 0) is 29.3 Å². The number of benzene rings is 4. The van der Waals surface area contributed by atoms with Gasteiger partial charge in [-0.3, -0.25) is 0 Å². The minimum atomic E-state index is -4.68. The number of nitrogens with zero attached hydrogens (tertiary/aromatic N) is 3. The minimum Gasteiger partial charge on any atom is -0.497 e. The van der Waals surface area contributed by atoms with E-state index in [9.17, 15) is 21.6 Å². The second kappa shape index (κ2) is 13.0. The fourth-order valence-electron chi connectivity index (χ4n) is 4.69. The van der Waals surface area contributed by atoms with Gasteiger partial charge in [0.25, 0.3) is 0 Å². The molecular formula is C33H30F3N3O5S. The van der Waals surface area contributed by atoms with Gasteiger partial charge in [-0.2, -0.15) is 22.6 Å². The van der Waals surface area contributed by atoms with Crippen molar-refractivity contribution in [2.75, 3.05) is 21.3 Å². The SMILES string of the molecule is COc1ccc(CN(Cc2ccc(OC)cc2)S(=O)(=O)c2ccc(-c3cc(C(F)(F)F)nn3-c3ccc(OC)cc3)cc2)cc1. The Labute approximate surface area is 259 Å². The molecule has 8 nitrogen and oxygen atoms in total. The van der Waals surface area contributed by atoms with E-state index in [-0.39, 0.29) is 23.7 Å². The molecule has 4 aromatic carbocycles. The standard InChI is InChI=1S/C33H30F3N3O5S/c1-42-27-12-4-23(5-13-27)21-38(22-24-6-14-28(43-2)15-7-24)45(40,41)30-18-8-25(9-19-30)31-20-32(33(34,35)36)37-39(31)26-10-16-29(44-3)17-11-26/h4-20H,21-22H2,1-3H3. The topological polar surface area (TPSA) is 82.9 Å². The second-order valence-corrected chi connectivity index (χ2v) is 12.0. The molecule has 0 fully saturated rings. The van der Waals surface area contributed by atoms with E-state index in [1.165, 1.54) is 40.4 Å². The lowest BCUT2D eigenvalue weighted by Gasteiger charge is -2.23. The number of hydrogen-bond acceptors (Lipinski definition) is 6. The van der Waals surface area contributed by atoms with E-state index in [0.29, 0.717) is 28.5 Å². The predicted octanol–water partition coefficient (Wildman–Crippen LogP) is 6.98. The third kappa shape index (κ3) is 7.13. The van der Waals surface area contributed by atoms with E-state index in [4.69, 9.17) is 14.2 Å². The zero-order valence-corrected chi connectivity index (χ0v) is 25.5. The molecule has 0 unspecified atom stereocenters. The van der Waals surface area contributed by atoms with Crippen LogP contribution in [0.3, 0.4) is 0 Å². The van der Waals surface area contributed by atoms with Crippen molar-refractivity contribution < 1.29 is 35.8 Å². The number of sulfonamides is 1. The first kappa shape index (κ1) is 31.6. The van der Waals surface area contributed by atoms with Gasteiger partial charge in [0.2, 0.25) is 10.0 Å². The molecule has 5 aromatic rings. The van der Waals surface area contributed by atoms with Crippen molar-refractivity contribution in [2.24, 2.45) is 0 Å². The summed E-state index contributed by atoms with van der Waals surface area (Å²) in [6, 6.07) is 27.2. The molecule has 0 saturated carbocycles. The summed E-state index contributed by atoms with van der Waals surface area (Å²) in [7, 11) is 0.523. The summed E-state index contributed by atoms with van der Waals surface area (Å²) in [5.74, 6) is 1.81. The smallest absolute Gasteiger partial charge is 0.435 e. The van der Waals surface area contributed by atoms with Crippen LogP contribution < -0.4 is 14.2 Å². The minimum absolute atomic E-state index is 0.0140. The fourth-order valence-corrected chi connectivity index (χ4v) is 6.10. The third-order valence-electron chi connectivity index (χ3n) is 7.14. The van der Waals surface area contributed by atoms with Crippen LogP contribution in [0.1, 0.15) is 16.8 Å². The van der Waals surface area contributed by atoms with Crippen molar-refractivity contribution in [3.05, 3.63) is 120 Å². The average Bonchev–Trinajstić information content (AvgIpc) is 3.52. The summed E-state index contributed by atoms with van der Waals surface area (Å²) in [5, 5.41) is 3.81. The predicted molar refractivity (Wildman–Crippen MR) is 163 cm³/mol. The Morgan fingerprint density at radius 3 is 1.56 bits per heavy atom. The van der Waals surface area contributed by atoms with Crippen LogP contribution >= 0.6 is 0 Å². The van der Waals surface area contributed by atoms with E-state index in [0.717, 1.165) is 17.2 Å². The Hall–Kier alpha value is -4.81. The van der Waals surface area contributed by atoms with Gasteiger partial charge in [-0.1, -0.05) is 36.4 Å². The van der Waals surface area contributed by atoms with E-state index in [2.05, 4.69) is 5.10 Å². The molecule has 0 aliphatic carbocycles. The Morgan fingerprint density at radius 1 is 0.689 bits per heavy atom. The molecule has 0 radical (unpaired) electrons. The van der Waals surface area contributed by atoms with E-state index in [1.54, 1.807) is 87.0 Å². The molecule has 0 aliphatic heterocycles. The lowest BCUT2D eigenvalue weighted by atomic mass is 10.1. The van der Waals surface area contributed by atoms with Crippen molar-refractivity contribution in [3.63, 3.8) is 0 Å². The first-order valence-electron chi connectivity index (χ1n) is 13.7. The lowest BCUT2D eigenvalue weighted by Crippen LogP contribution is -2.30. The molecule has 0 saturated heterocycles. The summed E-state index contributed by atoms with van der Waals surface area (Å²) < 4.78 is 87.2. The molecule has 234 valence electrons. The Morgan fingerprint density at radius 2 is 1.13 bits per heavy atom. The van der Waals surface area contributed by atoms with Gasteiger partial charge < -0.3 is 14.2 Å². The van der Waals surface area contributed by atoms with Gasteiger partial charge in [-0.15, -0.1) is 0 Å². The molecule has 1 heterocycles. The van der Waals surface area contributed by atoms with Crippen LogP contribution in [0.5, 0.6) is 17.2 Å². The highest BCUT2D eigenvalue weighted by Gasteiger charge is 2.35. The van der Waals surface area contributed by atoms with Gasteiger partial charge in [0.05, 0.1) is 37.6 Å². The van der Waals surface area contributed by atoms with Crippen LogP contribution in [-0.4, -0.2) is 43.8 Å². The molecule has 45 heavy (non-hydrogen) atoms. The zero-order chi connectivity index (χ0) is 32.2. The fraction of sp³-hybridized carbons (Fsp3) is 0.182. The zero-order valence-electron chi connectivity index (χ0n) is 24.7. The normalized spacial score (nSPS) is 11.9. The van der Waals surface area contributed by atoms with Gasteiger partial charge in [-0.25, -0.2) is 13.1 Å². The molecule has 5 rings (SSSR count). The maximum Gasteiger partial charge on any atom is 0.435 e. The number of alkyl halides is 3. The van der Waals surface area contributed by atoms with Gasteiger partial charge in [0.1, 0.15) is 17.2 Å². The molecule has 0 N–H and O–H groups in total. The van der Waals surface area contributed by atoms with Crippen LogP contribution in [0.2, 0.25) is 0 Å². The molecule has 0 spiro atoms. The van der Waals surface area contributed by atoms with Crippen molar-refractivity contribution in [3.8, 4) is 34.2 Å². The maximum atomic E-state index is 14.0. The molecule has 0 bridgehead atoms. The molecule has 0 aliphatic rings.